The van der Waals surface area contributed by atoms with Gasteiger partial charge < -0.3 is 19.1 Å². The lowest BCUT2D eigenvalue weighted by Gasteiger charge is -2.17. The van der Waals surface area contributed by atoms with Gasteiger partial charge in [0, 0.05) is 7.11 Å². The monoisotopic (exact) mass is 264 g/mol. The van der Waals surface area contributed by atoms with Crippen molar-refractivity contribution in [3.05, 3.63) is 24.0 Å². The standard InChI is InChI=1S/C13H16N2O4/c1-13(2,18-4)12-14-11(19-15-12)9-7-8(17-3)5-6-10(9)16/h5-7,16H,1-4H3. The van der Waals surface area contributed by atoms with E-state index >= 15 is 0 Å². The highest BCUT2D eigenvalue weighted by Crippen LogP contribution is 2.32. The summed E-state index contributed by atoms with van der Waals surface area (Å²) < 4.78 is 15.5. The molecular weight excluding hydrogens is 248 g/mol. The zero-order valence-electron chi connectivity index (χ0n) is 11.3. The van der Waals surface area contributed by atoms with Gasteiger partial charge in [0.15, 0.2) is 0 Å². The van der Waals surface area contributed by atoms with E-state index in [9.17, 15) is 5.11 Å². The fraction of sp³-hybridized carbons (Fsp3) is 0.385. The molecular formula is C13H16N2O4. The summed E-state index contributed by atoms with van der Waals surface area (Å²) in [5, 5.41) is 13.7. The van der Waals surface area contributed by atoms with Gasteiger partial charge in [-0.15, -0.1) is 0 Å². The van der Waals surface area contributed by atoms with Crippen molar-refractivity contribution in [2.24, 2.45) is 0 Å². The van der Waals surface area contributed by atoms with E-state index in [4.69, 9.17) is 14.0 Å². The number of benzene rings is 1. The summed E-state index contributed by atoms with van der Waals surface area (Å²) in [6, 6.07) is 4.79. The number of phenols is 1. The Bertz CT molecular complexity index is 578. The molecule has 0 fully saturated rings. The second kappa shape index (κ2) is 4.89. The second-order valence-electron chi connectivity index (χ2n) is 4.52. The van der Waals surface area contributed by atoms with Crippen LogP contribution < -0.4 is 4.74 Å². The zero-order valence-corrected chi connectivity index (χ0v) is 11.3. The number of nitrogens with zero attached hydrogens (tertiary/aromatic N) is 2. The van der Waals surface area contributed by atoms with Gasteiger partial charge in [-0.1, -0.05) is 5.16 Å². The Morgan fingerprint density at radius 1 is 1.26 bits per heavy atom. The van der Waals surface area contributed by atoms with Gasteiger partial charge in [-0.2, -0.15) is 4.98 Å². The molecule has 0 spiro atoms. The minimum Gasteiger partial charge on any atom is -0.507 e. The molecule has 0 saturated heterocycles. The van der Waals surface area contributed by atoms with Crippen molar-refractivity contribution < 1.29 is 19.1 Å². The molecule has 1 heterocycles. The maximum atomic E-state index is 9.84. The molecule has 0 bridgehead atoms. The Morgan fingerprint density at radius 3 is 2.63 bits per heavy atom. The van der Waals surface area contributed by atoms with Gasteiger partial charge in [0.25, 0.3) is 5.89 Å². The average molecular weight is 264 g/mol. The molecule has 0 unspecified atom stereocenters. The van der Waals surface area contributed by atoms with Crippen LogP contribution in [0.4, 0.5) is 0 Å². The van der Waals surface area contributed by atoms with E-state index in [2.05, 4.69) is 10.1 Å². The summed E-state index contributed by atoms with van der Waals surface area (Å²) in [6.45, 7) is 3.65. The van der Waals surface area contributed by atoms with E-state index < -0.39 is 5.60 Å². The summed E-state index contributed by atoms with van der Waals surface area (Å²) in [5.41, 5.74) is -0.235. The van der Waals surface area contributed by atoms with E-state index in [0.717, 1.165) is 0 Å². The van der Waals surface area contributed by atoms with Crippen LogP contribution in [0.2, 0.25) is 0 Å². The first-order valence-electron chi connectivity index (χ1n) is 5.74. The van der Waals surface area contributed by atoms with Crippen molar-refractivity contribution in [2.75, 3.05) is 14.2 Å². The summed E-state index contributed by atoms with van der Waals surface area (Å²) in [5.74, 6) is 1.27. The zero-order chi connectivity index (χ0) is 14.0. The summed E-state index contributed by atoms with van der Waals surface area (Å²) in [4.78, 5) is 4.24. The normalized spacial score (nSPS) is 11.6. The highest BCUT2D eigenvalue weighted by molar-refractivity contribution is 5.64. The molecule has 0 radical (unpaired) electrons. The number of aromatic hydroxyl groups is 1. The first kappa shape index (κ1) is 13.4. The van der Waals surface area contributed by atoms with Crippen LogP contribution in [0.15, 0.2) is 22.7 Å². The van der Waals surface area contributed by atoms with Crippen LogP contribution >= 0.6 is 0 Å². The molecule has 1 N–H and O–H groups in total. The number of hydrogen-bond donors (Lipinski definition) is 1. The number of methoxy groups -OCH3 is 2. The molecule has 0 aliphatic carbocycles. The van der Waals surface area contributed by atoms with Crippen molar-refractivity contribution >= 4 is 0 Å². The number of hydrogen-bond acceptors (Lipinski definition) is 6. The average Bonchev–Trinajstić information content (AvgIpc) is 2.89. The van der Waals surface area contributed by atoms with E-state index in [1.807, 2.05) is 13.8 Å². The molecule has 0 aliphatic heterocycles. The van der Waals surface area contributed by atoms with Crippen molar-refractivity contribution in [2.45, 2.75) is 19.4 Å². The Morgan fingerprint density at radius 2 is 2.00 bits per heavy atom. The van der Waals surface area contributed by atoms with Gasteiger partial charge in [0.05, 0.1) is 12.7 Å². The molecule has 6 nitrogen and oxygen atoms in total. The van der Waals surface area contributed by atoms with Crippen molar-refractivity contribution in [1.82, 2.24) is 10.1 Å². The van der Waals surface area contributed by atoms with Crippen LogP contribution in [0.5, 0.6) is 11.5 Å². The quantitative estimate of drug-likeness (QED) is 0.913. The Hall–Kier alpha value is -2.08. The molecule has 19 heavy (non-hydrogen) atoms. The fourth-order valence-electron chi connectivity index (χ4n) is 1.48. The molecule has 0 amide bonds. The maximum Gasteiger partial charge on any atom is 0.261 e. The first-order chi connectivity index (χ1) is 8.97. The summed E-state index contributed by atoms with van der Waals surface area (Å²) >= 11 is 0. The SMILES string of the molecule is COc1ccc(O)c(-c2nc(C(C)(C)OC)no2)c1. The fourth-order valence-corrected chi connectivity index (χ4v) is 1.48. The third-order valence-electron chi connectivity index (χ3n) is 2.91. The third-order valence-corrected chi connectivity index (χ3v) is 2.91. The molecule has 6 heteroatoms. The molecule has 0 atom stereocenters. The second-order valence-corrected chi connectivity index (χ2v) is 4.52. The van der Waals surface area contributed by atoms with Crippen molar-refractivity contribution in [3.63, 3.8) is 0 Å². The van der Waals surface area contributed by atoms with Gasteiger partial charge >= 0.3 is 0 Å². The number of phenolic OH excluding ortho intramolecular Hbond substituents is 1. The maximum absolute atomic E-state index is 9.84. The lowest BCUT2D eigenvalue weighted by molar-refractivity contribution is 0.00973. The van der Waals surface area contributed by atoms with Gasteiger partial charge in [0.1, 0.15) is 17.1 Å². The molecule has 0 saturated carbocycles. The van der Waals surface area contributed by atoms with Gasteiger partial charge in [-0.05, 0) is 32.0 Å². The van der Waals surface area contributed by atoms with Crippen LogP contribution in [0.3, 0.4) is 0 Å². The van der Waals surface area contributed by atoms with Crippen LogP contribution in [-0.2, 0) is 10.3 Å². The summed E-state index contributed by atoms with van der Waals surface area (Å²) in [7, 11) is 3.11. The van der Waals surface area contributed by atoms with Crippen LogP contribution in [-0.4, -0.2) is 29.5 Å². The number of rotatable bonds is 4. The molecule has 1 aromatic carbocycles. The predicted molar refractivity (Wildman–Crippen MR) is 68.0 cm³/mol. The largest absolute Gasteiger partial charge is 0.507 e. The van der Waals surface area contributed by atoms with E-state index in [-0.39, 0.29) is 11.6 Å². The number of aromatic nitrogens is 2. The summed E-state index contributed by atoms with van der Waals surface area (Å²) in [6.07, 6.45) is 0. The highest BCUT2D eigenvalue weighted by Gasteiger charge is 2.27. The Kier molecular flexibility index (Phi) is 3.44. The van der Waals surface area contributed by atoms with Crippen LogP contribution in [0.1, 0.15) is 19.7 Å². The van der Waals surface area contributed by atoms with Gasteiger partial charge in [-0.3, -0.25) is 0 Å². The smallest absolute Gasteiger partial charge is 0.261 e. The minimum atomic E-state index is -0.657. The number of ether oxygens (including phenoxy) is 2. The van der Waals surface area contributed by atoms with Crippen LogP contribution in [0.25, 0.3) is 11.5 Å². The van der Waals surface area contributed by atoms with E-state index in [0.29, 0.717) is 17.1 Å². The highest BCUT2D eigenvalue weighted by atomic mass is 16.5. The molecule has 2 rings (SSSR count). The molecule has 102 valence electrons. The Balaban J connectivity index is 2.43. The lowest BCUT2D eigenvalue weighted by atomic mass is 10.1. The topological polar surface area (TPSA) is 77.6 Å². The predicted octanol–water partition coefficient (Wildman–Crippen LogP) is 2.33. The third kappa shape index (κ3) is 2.53. The van der Waals surface area contributed by atoms with Crippen molar-refractivity contribution in [3.8, 4) is 23.0 Å². The van der Waals surface area contributed by atoms with E-state index in [1.165, 1.54) is 6.07 Å². The van der Waals surface area contributed by atoms with Gasteiger partial charge in [0.2, 0.25) is 5.82 Å². The molecule has 0 aliphatic rings. The molecule has 2 aromatic rings. The van der Waals surface area contributed by atoms with Gasteiger partial charge in [-0.25, -0.2) is 0 Å². The lowest BCUT2D eigenvalue weighted by Crippen LogP contribution is -2.21. The Labute approximate surface area is 111 Å². The minimum absolute atomic E-state index is 0.0474. The first-order valence-corrected chi connectivity index (χ1v) is 5.74. The van der Waals surface area contributed by atoms with Crippen LogP contribution in [0, 0.1) is 0 Å². The molecule has 1 aromatic heterocycles. The van der Waals surface area contributed by atoms with E-state index in [1.54, 1.807) is 26.4 Å². The van der Waals surface area contributed by atoms with Crippen molar-refractivity contribution in [1.29, 1.82) is 0 Å².